The van der Waals surface area contributed by atoms with Crippen molar-refractivity contribution in [3.8, 4) is 23.1 Å². The standard InChI is InChI=1S/C29H41N3O4/c1-7-22(4)31(17-25(33)20-35-19-21(2)3)18-28-23(5)30-32(24-12-9-8-10-13-24)29(28)36-27-15-11-14-26(16-27)34-6/h8-16,21-22,25,33H,7,17-20H2,1-6H3/t22-,25+/m0/s1. The van der Waals surface area contributed by atoms with Crippen molar-refractivity contribution in [2.24, 2.45) is 5.92 Å². The number of methoxy groups -OCH3 is 1. The third kappa shape index (κ3) is 7.56. The van der Waals surface area contributed by atoms with E-state index in [4.69, 9.17) is 19.3 Å². The van der Waals surface area contributed by atoms with Crippen molar-refractivity contribution in [3.05, 3.63) is 65.9 Å². The second kappa shape index (κ2) is 13.4. The van der Waals surface area contributed by atoms with Crippen LogP contribution in [0.4, 0.5) is 0 Å². The van der Waals surface area contributed by atoms with Gasteiger partial charge in [-0.05, 0) is 50.5 Å². The molecule has 0 saturated heterocycles. The first-order chi connectivity index (χ1) is 17.3. The number of aliphatic hydroxyl groups is 1. The second-order valence-electron chi connectivity index (χ2n) is 9.67. The largest absolute Gasteiger partial charge is 0.497 e. The van der Waals surface area contributed by atoms with E-state index in [9.17, 15) is 5.11 Å². The molecule has 0 aliphatic rings. The number of aryl methyl sites for hydroxylation is 1. The lowest BCUT2D eigenvalue weighted by Gasteiger charge is -2.30. The molecule has 1 aromatic heterocycles. The van der Waals surface area contributed by atoms with Crippen LogP contribution in [0.25, 0.3) is 5.69 Å². The molecule has 1 N–H and O–H groups in total. The van der Waals surface area contributed by atoms with Gasteiger partial charge in [-0.15, -0.1) is 0 Å². The Kier molecular flexibility index (Phi) is 10.3. The molecule has 3 rings (SSSR count). The van der Waals surface area contributed by atoms with Crippen LogP contribution in [0, 0.1) is 12.8 Å². The lowest BCUT2D eigenvalue weighted by Crippen LogP contribution is -2.40. The van der Waals surface area contributed by atoms with Gasteiger partial charge >= 0.3 is 0 Å². The predicted molar refractivity (Wildman–Crippen MR) is 143 cm³/mol. The van der Waals surface area contributed by atoms with Gasteiger partial charge in [0.2, 0.25) is 5.88 Å². The Labute approximate surface area is 215 Å². The molecule has 7 nitrogen and oxygen atoms in total. The number of nitrogens with zero attached hydrogens (tertiary/aromatic N) is 3. The van der Waals surface area contributed by atoms with E-state index in [1.807, 2.05) is 66.2 Å². The SMILES string of the molecule is CC[C@H](C)N(Cc1c(C)nn(-c2ccccc2)c1Oc1cccc(OC)c1)C[C@@H](O)COCC(C)C. The smallest absolute Gasteiger partial charge is 0.227 e. The molecule has 0 unspecified atom stereocenters. The molecular weight excluding hydrogens is 454 g/mol. The van der Waals surface area contributed by atoms with Crippen LogP contribution in [0.3, 0.4) is 0 Å². The number of para-hydroxylation sites is 1. The van der Waals surface area contributed by atoms with Crippen LogP contribution < -0.4 is 9.47 Å². The van der Waals surface area contributed by atoms with Crippen LogP contribution in [0.1, 0.15) is 45.4 Å². The van der Waals surface area contributed by atoms with Crippen LogP contribution in [0.5, 0.6) is 17.4 Å². The van der Waals surface area contributed by atoms with Gasteiger partial charge in [-0.3, -0.25) is 4.90 Å². The average Bonchev–Trinajstić information content (AvgIpc) is 3.18. The van der Waals surface area contributed by atoms with Crippen molar-refractivity contribution >= 4 is 0 Å². The highest BCUT2D eigenvalue weighted by molar-refractivity contribution is 5.44. The summed E-state index contributed by atoms with van der Waals surface area (Å²) in [5.41, 5.74) is 2.79. The van der Waals surface area contributed by atoms with E-state index in [0.29, 0.717) is 43.9 Å². The van der Waals surface area contributed by atoms with Gasteiger partial charge in [0.05, 0.1) is 36.8 Å². The molecule has 36 heavy (non-hydrogen) atoms. The number of hydrogen-bond donors (Lipinski definition) is 1. The van der Waals surface area contributed by atoms with Gasteiger partial charge in [0.15, 0.2) is 0 Å². The van der Waals surface area contributed by atoms with E-state index >= 15 is 0 Å². The Hall–Kier alpha value is -2.87. The van der Waals surface area contributed by atoms with Crippen molar-refractivity contribution in [1.82, 2.24) is 14.7 Å². The number of aliphatic hydroxyl groups excluding tert-OH is 1. The molecule has 0 spiro atoms. The molecule has 0 saturated carbocycles. The molecule has 0 bridgehead atoms. The van der Waals surface area contributed by atoms with Crippen molar-refractivity contribution in [1.29, 1.82) is 0 Å². The van der Waals surface area contributed by atoms with Crippen molar-refractivity contribution in [2.45, 2.75) is 59.7 Å². The quantitative estimate of drug-likeness (QED) is 0.313. The first kappa shape index (κ1) is 27.7. The van der Waals surface area contributed by atoms with E-state index in [-0.39, 0.29) is 6.04 Å². The summed E-state index contributed by atoms with van der Waals surface area (Å²) >= 11 is 0. The van der Waals surface area contributed by atoms with E-state index in [1.54, 1.807) is 7.11 Å². The Morgan fingerprint density at radius 2 is 1.72 bits per heavy atom. The number of ether oxygens (including phenoxy) is 3. The number of benzene rings is 2. The highest BCUT2D eigenvalue weighted by Gasteiger charge is 2.25. The lowest BCUT2D eigenvalue weighted by molar-refractivity contribution is -0.0000190. The summed E-state index contributed by atoms with van der Waals surface area (Å²) in [6.45, 7) is 12.6. The summed E-state index contributed by atoms with van der Waals surface area (Å²) in [6, 6.07) is 17.8. The number of hydrogen-bond acceptors (Lipinski definition) is 6. The van der Waals surface area contributed by atoms with Crippen LogP contribution in [-0.2, 0) is 11.3 Å². The summed E-state index contributed by atoms with van der Waals surface area (Å²) in [6.07, 6.45) is 0.377. The molecular formula is C29H41N3O4. The maximum absolute atomic E-state index is 10.7. The summed E-state index contributed by atoms with van der Waals surface area (Å²) in [7, 11) is 1.64. The normalized spacial score (nSPS) is 13.2. The third-order valence-corrected chi connectivity index (χ3v) is 6.18. The average molecular weight is 496 g/mol. The Morgan fingerprint density at radius 3 is 2.39 bits per heavy atom. The highest BCUT2D eigenvalue weighted by atomic mass is 16.5. The van der Waals surface area contributed by atoms with Crippen LogP contribution in [0.2, 0.25) is 0 Å². The lowest BCUT2D eigenvalue weighted by atomic mass is 10.1. The molecule has 0 aliphatic heterocycles. The number of aromatic nitrogens is 2. The molecule has 1 heterocycles. The van der Waals surface area contributed by atoms with E-state index in [2.05, 4.69) is 32.6 Å². The fourth-order valence-electron chi connectivity index (χ4n) is 3.97. The predicted octanol–water partition coefficient (Wildman–Crippen LogP) is 5.62. The Bertz CT molecular complexity index is 1070. The molecule has 0 amide bonds. The molecule has 0 radical (unpaired) electrons. The molecule has 0 aliphatic carbocycles. The maximum atomic E-state index is 10.7. The maximum Gasteiger partial charge on any atom is 0.227 e. The van der Waals surface area contributed by atoms with Gasteiger partial charge in [0.1, 0.15) is 11.5 Å². The van der Waals surface area contributed by atoms with Crippen molar-refractivity contribution in [2.75, 3.05) is 26.9 Å². The van der Waals surface area contributed by atoms with Gasteiger partial charge in [0.25, 0.3) is 0 Å². The first-order valence-corrected chi connectivity index (χ1v) is 12.8. The third-order valence-electron chi connectivity index (χ3n) is 6.18. The van der Waals surface area contributed by atoms with Gasteiger partial charge in [0, 0.05) is 31.8 Å². The highest BCUT2D eigenvalue weighted by Crippen LogP contribution is 2.33. The molecule has 2 atom stereocenters. The minimum Gasteiger partial charge on any atom is -0.497 e. The van der Waals surface area contributed by atoms with Crippen molar-refractivity contribution < 1.29 is 19.3 Å². The fraction of sp³-hybridized carbons (Fsp3) is 0.483. The van der Waals surface area contributed by atoms with Gasteiger partial charge in [-0.25, -0.2) is 4.68 Å². The van der Waals surface area contributed by atoms with Crippen LogP contribution >= 0.6 is 0 Å². The van der Waals surface area contributed by atoms with Crippen molar-refractivity contribution in [3.63, 3.8) is 0 Å². The van der Waals surface area contributed by atoms with E-state index in [1.165, 1.54) is 0 Å². The van der Waals surface area contributed by atoms with E-state index in [0.717, 1.165) is 29.1 Å². The summed E-state index contributed by atoms with van der Waals surface area (Å²) in [4.78, 5) is 2.28. The van der Waals surface area contributed by atoms with Crippen LogP contribution in [0.15, 0.2) is 54.6 Å². The van der Waals surface area contributed by atoms with Gasteiger partial charge < -0.3 is 19.3 Å². The fourth-order valence-corrected chi connectivity index (χ4v) is 3.97. The summed E-state index contributed by atoms with van der Waals surface area (Å²) in [5, 5.41) is 15.6. The molecule has 7 heteroatoms. The number of rotatable bonds is 14. The molecule has 196 valence electrons. The van der Waals surface area contributed by atoms with Crippen LogP contribution in [-0.4, -0.2) is 58.8 Å². The Balaban J connectivity index is 1.93. The first-order valence-electron chi connectivity index (χ1n) is 12.8. The summed E-state index contributed by atoms with van der Waals surface area (Å²) in [5.74, 6) is 2.49. The monoisotopic (exact) mass is 495 g/mol. The van der Waals surface area contributed by atoms with E-state index < -0.39 is 6.10 Å². The topological polar surface area (TPSA) is 69.0 Å². The van der Waals surface area contributed by atoms with Gasteiger partial charge in [-0.1, -0.05) is 45.0 Å². The van der Waals surface area contributed by atoms with Gasteiger partial charge in [-0.2, -0.15) is 5.10 Å². The molecule has 0 fully saturated rings. The summed E-state index contributed by atoms with van der Waals surface area (Å²) < 4.78 is 19.4. The Morgan fingerprint density at radius 1 is 1.00 bits per heavy atom. The zero-order valence-electron chi connectivity index (χ0n) is 22.5. The zero-order chi connectivity index (χ0) is 26.1. The zero-order valence-corrected chi connectivity index (χ0v) is 22.5. The minimum absolute atomic E-state index is 0.258. The molecule has 2 aromatic carbocycles. The minimum atomic E-state index is -0.579. The second-order valence-corrected chi connectivity index (χ2v) is 9.67. The molecule has 3 aromatic rings.